The van der Waals surface area contributed by atoms with Gasteiger partial charge in [-0.25, -0.2) is 15.3 Å². The van der Waals surface area contributed by atoms with Gasteiger partial charge in [-0.1, -0.05) is 24.3 Å². The Morgan fingerprint density at radius 3 is 2.92 bits per heavy atom. The Morgan fingerprint density at radius 1 is 1.33 bits per heavy atom. The van der Waals surface area contributed by atoms with Crippen LogP contribution in [0.25, 0.3) is 10.9 Å². The van der Waals surface area contributed by atoms with Crippen molar-refractivity contribution < 1.29 is 14.4 Å². The van der Waals surface area contributed by atoms with Crippen molar-refractivity contribution in [3.05, 3.63) is 59.4 Å². The van der Waals surface area contributed by atoms with Gasteiger partial charge in [0.1, 0.15) is 5.84 Å². The Hall–Kier alpha value is -2.65. The maximum Gasteiger partial charge on any atom is 0.276 e. The Kier molecular flexibility index (Phi) is 9.58. The minimum atomic E-state index is -0.393. The van der Waals surface area contributed by atoms with Gasteiger partial charge in [0.05, 0.1) is 5.57 Å². The van der Waals surface area contributed by atoms with E-state index in [0.29, 0.717) is 18.1 Å². The number of aromatic nitrogens is 1. The first-order valence-electron chi connectivity index (χ1n) is 12.7. The van der Waals surface area contributed by atoms with E-state index in [9.17, 15) is 4.79 Å². The first kappa shape index (κ1) is 26.4. The molecular weight excluding hydrogens is 478 g/mol. The largest absolute Gasteiger partial charge is 0.361 e. The summed E-state index contributed by atoms with van der Waals surface area (Å²) in [6.45, 7) is 10.0. The highest BCUT2D eigenvalue weighted by Crippen LogP contribution is 2.23. The number of benzene rings is 1. The number of nitrogens with one attached hydrogen (secondary N) is 3. The fraction of sp³-hybridized carbons (Fsp3) is 0.481. The average molecular weight is 514 g/mol. The van der Waals surface area contributed by atoms with E-state index in [0.717, 1.165) is 74.7 Å². The monoisotopic (exact) mass is 513 g/mol. The summed E-state index contributed by atoms with van der Waals surface area (Å²) in [6, 6.07) is 5.93. The molecule has 194 valence electrons. The van der Waals surface area contributed by atoms with Crippen molar-refractivity contribution in [3.8, 4) is 0 Å². The third-order valence-corrected chi connectivity index (χ3v) is 7.08. The molecule has 4 rings (SSSR count). The number of nitrogens with zero attached hydrogens (tertiary/aromatic N) is 2. The molecule has 0 spiro atoms. The fourth-order valence-electron chi connectivity index (χ4n) is 4.60. The number of H-pyrrole nitrogens is 1. The molecule has 3 N–H and O–H groups in total. The Balaban J connectivity index is 1.20. The molecule has 2 aromatic rings. The number of amidine groups is 1. The number of hydroxylamine groups is 1. The van der Waals surface area contributed by atoms with Crippen LogP contribution in [0.2, 0.25) is 5.02 Å². The van der Waals surface area contributed by atoms with Crippen LogP contribution in [0.5, 0.6) is 0 Å². The highest BCUT2D eigenvalue weighted by molar-refractivity contribution is 6.31. The number of aliphatic imine (C=N–C) groups is 1. The van der Waals surface area contributed by atoms with Crippen LogP contribution in [0.3, 0.4) is 0 Å². The molecule has 1 unspecified atom stereocenters. The lowest BCUT2D eigenvalue weighted by Crippen LogP contribution is -2.39. The van der Waals surface area contributed by atoms with E-state index < -0.39 is 6.29 Å². The van der Waals surface area contributed by atoms with Crippen LogP contribution in [-0.2, 0) is 20.9 Å². The van der Waals surface area contributed by atoms with Crippen LogP contribution in [-0.4, -0.2) is 54.2 Å². The second-order valence-electron chi connectivity index (χ2n) is 9.38. The van der Waals surface area contributed by atoms with Crippen molar-refractivity contribution in [2.45, 2.75) is 51.9 Å². The van der Waals surface area contributed by atoms with Gasteiger partial charge in [-0.3, -0.25) is 4.79 Å². The molecule has 0 radical (unpaired) electrons. The molecule has 2 fully saturated rings. The van der Waals surface area contributed by atoms with E-state index in [1.807, 2.05) is 25.1 Å². The van der Waals surface area contributed by atoms with E-state index in [1.165, 1.54) is 17.0 Å². The van der Waals surface area contributed by atoms with Crippen LogP contribution in [0, 0.1) is 5.92 Å². The topological polar surface area (TPSA) is 91.0 Å². The minimum absolute atomic E-state index is 0.350. The number of likely N-dealkylation sites (tertiary alicyclic amines) is 1. The fourth-order valence-corrected chi connectivity index (χ4v) is 4.77. The van der Waals surface area contributed by atoms with Gasteiger partial charge >= 0.3 is 0 Å². The zero-order valence-electron chi connectivity index (χ0n) is 20.9. The van der Waals surface area contributed by atoms with Crippen molar-refractivity contribution in [3.63, 3.8) is 0 Å². The summed E-state index contributed by atoms with van der Waals surface area (Å²) in [5.74, 6) is 1.13. The Bertz CT molecular complexity index is 1100. The molecule has 3 heterocycles. The number of hydrogen-bond donors (Lipinski definition) is 3. The predicted octanol–water partition coefficient (Wildman–Crippen LogP) is 4.69. The molecule has 0 bridgehead atoms. The molecule has 9 heteroatoms. The van der Waals surface area contributed by atoms with E-state index in [1.54, 1.807) is 6.20 Å². The minimum Gasteiger partial charge on any atom is -0.361 e. The quantitative estimate of drug-likeness (QED) is 0.149. The summed E-state index contributed by atoms with van der Waals surface area (Å²) in [7, 11) is 0. The average Bonchev–Trinajstić information content (AvgIpc) is 3.30. The maximum absolute atomic E-state index is 12.4. The first-order chi connectivity index (χ1) is 17.5. The number of piperidine rings is 1. The SMILES string of the molecule is C=C/C(=C\N=C(C)N1CCC(CNCc2c[nH]c3ccc(Cl)cc23)CC1)C(=O)NOC1CCCCO1. The summed E-state index contributed by atoms with van der Waals surface area (Å²) in [4.78, 5) is 27.9. The van der Waals surface area contributed by atoms with E-state index in [2.05, 4.69) is 38.4 Å². The van der Waals surface area contributed by atoms with Gasteiger partial charge in [0.2, 0.25) is 0 Å². The first-order valence-corrected chi connectivity index (χ1v) is 13.1. The van der Waals surface area contributed by atoms with Crippen molar-refractivity contribution in [2.24, 2.45) is 10.9 Å². The van der Waals surface area contributed by atoms with Crippen molar-refractivity contribution >= 4 is 34.2 Å². The number of halogens is 1. The third-order valence-electron chi connectivity index (χ3n) is 6.84. The summed E-state index contributed by atoms with van der Waals surface area (Å²) in [5.41, 5.74) is 5.14. The molecule has 2 aliphatic rings. The second-order valence-corrected chi connectivity index (χ2v) is 9.81. The lowest BCUT2D eigenvalue weighted by molar-refractivity contribution is -0.198. The van der Waals surface area contributed by atoms with Crippen LogP contribution in [0.4, 0.5) is 0 Å². The molecule has 0 aliphatic carbocycles. The number of amides is 1. The van der Waals surface area contributed by atoms with Gasteiger partial charge in [0, 0.05) is 61.0 Å². The van der Waals surface area contributed by atoms with E-state index >= 15 is 0 Å². The van der Waals surface area contributed by atoms with E-state index in [-0.39, 0.29) is 5.91 Å². The third kappa shape index (κ3) is 7.20. The van der Waals surface area contributed by atoms with Gasteiger partial charge in [0.15, 0.2) is 6.29 Å². The summed E-state index contributed by atoms with van der Waals surface area (Å²) >= 11 is 6.16. The Labute approximate surface area is 217 Å². The van der Waals surface area contributed by atoms with Gasteiger partial charge in [-0.15, -0.1) is 0 Å². The normalized spacial score (nSPS) is 20.1. The molecular formula is C27H36ClN5O3. The van der Waals surface area contributed by atoms with Crippen molar-refractivity contribution in [2.75, 3.05) is 26.2 Å². The zero-order chi connectivity index (χ0) is 25.3. The number of rotatable bonds is 9. The molecule has 1 amide bonds. The summed E-state index contributed by atoms with van der Waals surface area (Å²) in [5, 5.41) is 5.54. The number of ether oxygens (including phenoxy) is 1. The zero-order valence-corrected chi connectivity index (χ0v) is 21.7. The van der Waals surface area contributed by atoms with Gasteiger partial charge < -0.3 is 19.9 Å². The lowest BCUT2D eigenvalue weighted by atomic mass is 9.96. The van der Waals surface area contributed by atoms with Crippen LogP contribution in [0.15, 0.2) is 53.8 Å². The van der Waals surface area contributed by atoms with Crippen LogP contribution in [0.1, 0.15) is 44.6 Å². The van der Waals surface area contributed by atoms with E-state index in [4.69, 9.17) is 21.2 Å². The van der Waals surface area contributed by atoms with Gasteiger partial charge in [-0.05, 0) is 68.8 Å². The maximum atomic E-state index is 12.4. The standard InChI is InChI=1S/C27H36ClN5O3/c1-3-21(27(34)32-36-26-6-4-5-13-35-26)17-30-19(2)33-11-9-20(10-12-33)15-29-16-22-18-31-25-8-7-23(28)14-24(22)25/h3,7-8,14,17-18,20,26,29,31H,1,4-6,9-13,15-16H2,2H3,(H,32,34)/b21-17+,30-19?. The molecule has 36 heavy (non-hydrogen) atoms. The number of carbonyl (C=O) groups excluding carboxylic acids is 1. The Morgan fingerprint density at radius 2 is 2.17 bits per heavy atom. The molecule has 1 aromatic heterocycles. The smallest absolute Gasteiger partial charge is 0.276 e. The highest BCUT2D eigenvalue weighted by Gasteiger charge is 2.20. The number of aromatic amines is 1. The number of fused-ring (bicyclic) bond motifs is 1. The molecule has 2 aliphatic heterocycles. The van der Waals surface area contributed by atoms with Crippen molar-refractivity contribution in [1.29, 1.82) is 0 Å². The van der Waals surface area contributed by atoms with Crippen molar-refractivity contribution in [1.82, 2.24) is 20.7 Å². The van der Waals surface area contributed by atoms with Crippen LogP contribution < -0.4 is 10.8 Å². The molecule has 2 saturated heterocycles. The molecule has 1 aromatic carbocycles. The molecule has 1 atom stereocenters. The van der Waals surface area contributed by atoms with Gasteiger partial charge in [-0.2, -0.15) is 0 Å². The van der Waals surface area contributed by atoms with Crippen LogP contribution >= 0.6 is 11.6 Å². The second kappa shape index (κ2) is 13.1. The summed E-state index contributed by atoms with van der Waals surface area (Å²) < 4.78 is 5.47. The molecule has 8 nitrogen and oxygen atoms in total. The predicted molar refractivity (Wildman–Crippen MR) is 144 cm³/mol. The number of hydrogen-bond acceptors (Lipinski definition) is 5. The summed E-state index contributed by atoms with van der Waals surface area (Å²) in [6.07, 6.45) is 9.69. The lowest BCUT2D eigenvalue weighted by Gasteiger charge is -2.33. The molecule has 0 saturated carbocycles. The number of carbonyl (C=O) groups is 1. The highest BCUT2D eigenvalue weighted by atomic mass is 35.5. The van der Waals surface area contributed by atoms with Gasteiger partial charge in [0.25, 0.3) is 5.91 Å².